The van der Waals surface area contributed by atoms with Crippen LogP contribution in [0.5, 0.6) is 0 Å². The van der Waals surface area contributed by atoms with Crippen LogP contribution in [-0.2, 0) is 0 Å². The lowest BCUT2D eigenvalue weighted by atomic mass is 10.1. The van der Waals surface area contributed by atoms with Gasteiger partial charge in [-0.15, -0.1) is 0 Å². The summed E-state index contributed by atoms with van der Waals surface area (Å²) in [6.07, 6.45) is 1.96. The number of benzene rings is 1. The lowest BCUT2D eigenvalue weighted by Gasteiger charge is -2.39. The van der Waals surface area contributed by atoms with Crippen LogP contribution in [-0.4, -0.2) is 47.0 Å². The Morgan fingerprint density at radius 2 is 1.93 bits per heavy atom. The monoisotopic (exact) mass is 388 g/mol. The summed E-state index contributed by atoms with van der Waals surface area (Å²) in [5, 5.41) is 0. The van der Waals surface area contributed by atoms with Crippen LogP contribution in [0.2, 0.25) is 0 Å². The lowest BCUT2D eigenvalue weighted by Crippen LogP contribution is -2.50. The van der Waals surface area contributed by atoms with E-state index in [2.05, 4.69) is 34.8 Å². The summed E-state index contributed by atoms with van der Waals surface area (Å²) in [4.78, 5) is 21.9. The number of fused-ring (bicyclic) bond motifs is 2. The van der Waals surface area contributed by atoms with E-state index in [0.717, 1.165) is 53.1 Å². The molecule has 4 heterocycles. The molecule has 148 valence electrons. The molecule has 1 aliphatic rings. The van der Waals surface area contributed by atoms with Gasteiger partial charge >= 0.3 is 0 Å². The third kappa shape index (κ3) is 3.19. The lowest BCUT2D eigenvalue weighted by molar-refractivity contribution is 0.234. The van der Waals surface area contributed by atoms with Crippen molar-refractivity contribution < 1.29 is 4.42 Å². The number of hydrogen-bond donors (Lipinski definition) is 0. The Morgan fingerprint density at radius 3 is 2.76 bits per heavy atom. The Labute approximate surface area is 169 Å². The average molecular weight is 388 g/mol. The quantitative estimate of drug-likeness (QED) is 0.526. The third-order valence-corrected chi connectivity index (χ3v) is 5.94. The van der Waals surface area contributed by atoms with Crippen molar-refractivity contribution in [2.75, 3.05) is 31.6 Å². The van der Waals surface area contributed by atoms with Gasteiger partial charge in [0.15, 0.2) is 11.5 Å². The summed E-state index contributed by atoms with van der Waals surface area (Å²) in [6, 6.07) is 14.2. The Hall–Kier alpha value is -3.12. The van der Waals surface area contributed by atoms with Crippen LogP contribution in [0.25, 0.3) is 27.7 Å². The minimum atomic E-state index is -0.0321. The topological polar surface area (TPSA) is 54.0 Å². The van der Waals surface area contributed by atoms with Gasteiger partial charge in [0.1, 0.15) is 5.52 Å². The number of oxazole rings is 1. The van der Waals surface area contributed by atoms with Crippen molar-refractivity contribution in [1.29, 1.82) is 0 Å². The van der Waals surface area contributed by atoms with E-state index in [9.17, 15) is 4.79 Å². The molecule has 0 saturated carbocycles. The molecule has 0 bridgehead atoms. The van der Waals surface area contributed by atoms with Crippen LogP contribution in [0.3, 0.4) is 0 Å². The molecular weight excluding hydrogens is 364 g/mol. The van der Waals surface area contributed by atoms with Crippen LogP contribution in [0.15, 0.2) is 57.9 Å². The molecule has 1 atom stereocenters. The third-order valence-electron chi connectivity index (χ3n) is 5.94. The summed E-state index contributed by atoms with van der Waals surface area (Å²) in [7, 11) is 2.16. The van der Waals surface area contributed by atoms with Crippen molar-refractivity contribution in [2.45, 2.75) is 19.9 Å². The van der Waals surface area contributed by atoms with E-state index in [1.807, 2.05) is 43.5 Å². The SMILES string of the molecule is Cc1nc2ccc(-c3cc(=O)n4cc(N5CCN(C)C(C)C5)ccc4c3)cc2o1. The molecule has 0 aliphatic carbocycles. The van der Waals surface area contributed by atoms with E-state index < -0.39 is 0 Å². The molecule has 1 fully saturated rings. The normalized spacial score (nSPS) is 18.0. The molecule has 1 unspecified atom stereocenters. The van der Waals surface area contributed by atoms with Crippen molar-refractivity contribution in [3.8, 4) is 11.1 Å². The molecule has 5 rings (SSSR count). The summed E-state index contributed by atoms with van der Waals surface area (Å²) >= 11 is 0. The maximum Gasteiger partial charge on any atom is 0.255 e. The van der Waals surface area contributed by atoms with Gasteiger partial charge in [-0.3, -0.25) is 9.20 Å². The molecule has 0 amide bonds. The van der Waals surface area contributed by atoms with Gasteiger partial charge in [0.25, 0.3) is 5.56 Å². The molecule has 0 N–H and O–H groups in total. The van der Waals surface area contributed by atoms with Crippen molar-refractivity contribution in [3.63, 3.8) is 0 Å². The molecule has 3 aromatic heterocycles. The summed E-state index contributed by atoms with van der Waals surface area (Å²) in [5.41, 5.74) is 5.33. The highest BCUT2D eigenvalue weighted by molar-refractivity contribution is 5.81. The second-order valence-corrected chi connectivity index (χ2v) is 7.96. The van der Waals surface area contributed by atoms with Gasteiger partial charge in [-0.25, -0.2) is 4.98 Å². The first-order valence-electron chi connectivity index (χ1n) is 9.97. The summed E-state index contributed by atoms with van der Waals surface area (Å²) in [5.74, 6) is 0.640. The van der Waals surface area contributed by atoms with E-state index in [4.69, 9.17) is 4.42 Å². The fourth-order valence-corrected chi connectivity index (χ4v) is 4.07. The maximum atomic E-state index is 12.9. The van der Waals surface area contributed by atoms with Gasteiger partial charge in [0, 0.05) is 50.4 Å². The van der Waals surface area contributed by atoms with Crippen LogP contribution in [0.1, 0.15) is 12.8 Å². The molecule has 1 saturated heterocycles. The van der Waals surface area contributed by atoms with Crippen LogP contribution < -0.4 is 10.5 Å². The molecule has 6 nitrogen and oxygen atoms in total. The largest absolute Gasteiger partial charge is 0.441 e. The fourth-order valence-electron chi connectivity index (χ4n) is 4.07. The van der Waals surface area contributed by atoms with E-state index in [0.29, 0.717) is 11.9 Å². The molecular formula is C23H24N4O2. The minimum Gasteiger partial charge on any atom is -0.441 e. The fraction of sp³-hybridized carbons (Fsp3) is 0.304. The number of piperazine rings is 1. The van der Waals surface area contributed by atoms with E-state index in [-0.39, 0.29) is 5.56 Å². The van der Waals surface area contributed by atoms with Crippen molar-refractivity contribution in [2.24, 2.45) is 0 Å². The second-order valence-electron chi connectivity index (χ2n) is 7.96. The number of pyridine rings is 2. The van der Waals surface area contributed by atoms with Gasteiger partial charge in [-0.1, -0.05) is 6.07 Å². The van der Waals surface area contributed by atoms with Crippen LogP contribution in [0.4, 0.5) is 5.69 Å². The number of aryl methyl sites for hydroxylation is 1. The van der Waals surface area contributed by atoms with Crippen molar-refractivity contribution >= 4 is 22.3 Å². The predicted octanol–water partition coefficient (Wildman–Crippen LogP) is 3.56. The van der Waals surface area contributed by atoms with Gasteiger partial charge in [0.05, 0.1) is 5.69 Å². The minimum absolute atomic E-state index is 0.0321. The van der Waals surface area contributed by atoms with Gasteiger partial charge < -0.3 is 14.2 Å². The first-order chi connectivity index (χ1) is 14.0. The van der Waals surface area contributed by atoms with Crippen LogP contribution in [0, 0.1) is 6.92 Å². The molecule has 0 radical (unpaired) electrons. The zero-order valence-electron chi connectivity index (χ0n) is 16.9. The molecule has 0 spiro atoms. The zero-order valence-corrected chi connectivity index (χ0v) is 16.9. The summed E-state index contributed by atoms with van der Waals surface area (Å²) in [6.45, 7) is 7.02. The van der Waals surface area contributed by atoms with E-state index in [1.54, 1.807) is 10.5 Å². The highest BCUT2D eigenvalue weighted by Gasteiger charge is 2.21. The Kier molecular flexibility index (Phi) is 4.17. The molecule has 6 heteroatoms. The number of rotatable bonds is 2. The zero-order chi connectivity index (χ0) is 20.1. The number of aromatic nitrogens is 2. The highest BCUT2D eigenvalue weighted by Crippen LogP contribution is 2.26. The Bertz CT molecular complexity index is 1270. The van der Waals surface area contributed by atoms with Gasteiger partial charge in [-0.05, 0) is 55.4 Å². The van der Waals surface area contributed by atoms with E-state index in [1.165, 1.54) is 0 Å². The number of likely N-dealkylation sites (N-methyl/N-ethyl adjacent to an activating group) is 1. The Balaban J connectivity index is 1.53. The van der Waals surface area contributed by atoms with Gasteiger partial charge in [-0.2, -0.15) is 0 Å². The standard InChI is InChI=1S/C23H24N4O2/c1-15-13-26(9-8-25(15)3)20-6-5-19-10-18(12-23(28)27(19)14-20)17-4-7-21-22(11-17)29-16(2)24-21/h4-7,10-12,14-15H,8-9,13H2,1-3H3. The first-order valence-corrected chi connectivity index (χ1v) is 9.97. The first kappa shape index (κ1) is 17.9. The van der Waals surface area contributed by atoms with E-state index >= 15 is 0 Å². The highest BCUT2D eigenvalue weighted by atomic mass is 16.3. The predicted molar refractivity (Wildman–Crippen MR) is 116 cm³/mol. The maximum absolute atomic E-state index is 12.9. The number of nitrogens with zero attached hydrogens (tertiary/aromatic N) is 4. The Morgan fingerprint density at radius 1 is 1.07 bits per heavy atom. The summed E-state index contributed by atoms with van der Waals surface area (Å²) < 4.78 is 7.38. The van der Waals surface area contributed by atoms with Crippen molar-refractivity contribution in [1.82, 2.24) is 14.3 Å². The smallest absolute Gasteiger partial charge is 0.255 e. The molecule has 29 heavy (non-hydrogen) atoms. The molecule has 1 aromatic carbocycles. The van der Waals surface area contributed by atoms with Crippen molar-refractivity contribution in [3.05, 3.63) is 64.9 Å². The number of hydrogen-bond acceptors (Lipinski definition) is 5. The average Bonchev–Trinajstić information content (AvgIpc) is 3.09. The molecule has 1 aliphatic heterocycles. The second kappa shape index (κ2) is 6.74. The molecule has 4 aromatic rings. The number of anilines is 1. The van der Waals surface area contributed by atoms with Gasteiger partial charge in [0.2, 0.25) is 0 Å². The van der Waals surface area contributed by atoms with Crippen LogP contribution >= 0.6 is 0 Å².